The van der Waals surface area contributed by atoms with Crippen molar-refractivity contribution in [3.63, 3.8) is 0 Å². The molecular weight excluding hydrogens is 186 g/mol. The molecule has 13 heavy (non-hydrogen) atoms. The minimum absolute atomic E-state index is 0.587. The van der Waals surface area contributed by atoms with Crippen molar-refractivity contribution in [2.45, 2.75) is 6.61 Å². The van der Waals surface area contributed by atoms with Crippen LogP contribution in [0.3, 0.4) is 0 Å². The third kappa shape index (κ3) is 1.43. The minimum atomic E-state index is 0.587. The Morgan fingerprint density at radius 1 is 1.46 bits per heavy atom. The summed E-state index contributed by atoms with van der Waals surface area (Å²) in [5.74, 6) is 0. The molecule has 1 heterocycles. The highest BCUT2D eigenvalue weighted by molar-refractivity contribution is 6.35. The molecule has 1 aromatic carbocycles. The molecule has 0 amide bonds. The Kier molecular flexibility index (Phi) is 2.25. The molecule has 2 nitrogen and oxygen atoms in total. The summed E-state index contributed by atoms with van der Waals surface area (Å²) >= 11 is 6.06. The maximum atomic E-state index is 6.06. The third-order valence-electron chi connectivity index (χ3n) is 2.04. The van der Waals surface area contributed by atoms with Crippen LogP contribution >= 0.6 is 11.6 Å². The predicted molar refractivity (Wildman–Crippen MR) is 54.0 cm³/mol. The number of fused-ring (bicyclic) bond motifs is 1. The van der Waals surface area contributed by atoms with E-state index in [9.17, 15) is 0 Å². The third-order valence-corrected chi connectivity index (χ3v) is 2.35. The van der Waals surface area contributed by atoms with Crippen LogP contribution in [0.4, 0.5) is 0 Å². The first kappa shape index (κ1) is 8.60. The van der Waals surface area contributed by atoms with Crippen molar-refractivity contribution in [2.24, 2.45) is 0 Å². The Morgan fingerprint density at radius 2 is 2.31 bits per heavy atom. The summed E-state index contributed by atoms with van der Waals surface area (Å²) in [7, 11) is 1.68. The molecule has 0 spiro atoms. The Hall–Kier alpha value is -0.990. The van der Waals surface area contributed by atoms with E-state index in [2.05, 4.69) is 4.98 Å². The molecule has 0 fully saturated rings. The number of H-pyrrole nitrogens is 1. The molecule has 0 unspecified atom stereocenters. The Labute approximate surface area is 81.5 Å². The van der Waals surface area contributed by atoms with Gasteiger partial charge in [-0.25, -0.2) is 0 Å². The standard InChI is InChI=1S/C10H10ClNO/c1-13-6-7-5-12-9-4-2-3-8(11)10(7)9/h2-5,12H,6H2,1H3. The number of methoxy groups -OCH3 is 1. The van der Waals surface area contributed by atoms with Crippen LogP contribution in [-0.4, -0.2) is 12.1 Å². The first-order valence-corrected chi connectivity index (χ1v) is 4.44. The molecule has 0 bridgehead atoms. The number of hydrogen-bond donors (Lipinski definition) is 1. The highest BCUT2D eigenvalue weighted by Crippen LogP contribution is 2.26. The number of halogens is 1. The van der Waals surface area contributed by atoms with Crippen molar-refractivity contribution in [3.05, 3.63) is 35.0 Å². The first-order chi connectivity index (χ1) is 6.33. The van der Waals surface area contributed by atoms with E-state index in [1.165, 1.54) is 0 Å². The zero-order valence-electron chi connectivity index (χ0n) is 7.30. The molecule has 2 aromatic rings. The predicted octanol–water partition coefficient (Wildman–Crippen LogP) is 2.97. The van der Waals surface area contributed by atoms with Crippen molar-refractivity contribution in [3.8, 4) is 0 Å². The van der Waals surface area contributed by atoms with Gasteiger partial charge in [0.05, 0.1) is 11.6 Å². The van der Waals surface area contributed by atoms with Gasteiger partial charge in [-0.3, -0.25) is 0 Å². The molecular formula is C10H10ClNO. The highest BCUT2D eigenvalue weighted by atomic mass is 35.5. The second kappa shape index (κ2) is 3.40. The summed E-state index contributed by atoms with van der Waals surface area (Å²) in [5, 5.41) is 1.83. The van der Waals surface area contributed by atoms with Crippen molar-refractivity contribution in [1.29, 1.82) is 0 Å². The van der Waals surface area contributed by atoms with Crippen LogP contribution in [-0.2, 0) is 11.3 Å². The Morgan fingerprint density at radius 3 is 3.08 bits per heavy atom. The van der Waals surface area contributed by atoms with E-state index in [-0.39, 0.29) is 0 Å². The van der Waals surface area contributed by atoms with E-state index >= 15 is 0 Å². The van der Waals surface area contributed by atoms with E-state index in [0.29, 0.717) is 6.61 Å². The van der Waals surface area contributed by atoms with Gasteiger partial charge >= 0.3 is 0 Å². The fourth-order valence-electron chi connectivity index (χ4n) is 1.48. The molecule has 0 atom stereocenters. The van der Waals surface area contributed by atoms with Gasteiger partial charge < -0.3 is 9.72 Å². The van der Waals surface area contributed by atoms with E-state index in [4.69, 9.17) is 16.3 Å². The molecule has 0 radical (unpaired) electrons. The van der Waals surface area contributed by atoms with Gasteiger partial charge in [0.15, 0.2) is 0 Å². The largest absolute Gasteiger partial charge is 0.380 e. The molecule has 0 saturated carbocycles. The molecule has 1 N–H and O–H groups in total. The number of ether oxygens (including phenoxy) is 1. The topological polar surface area (TPSA) is 25.0 Å². The summed E-state index contributed by atoms with van der Waals surface area (Å²) in [5.41, 5.74) is 2.16. The number of rotatable bonds is 2. The van der Waals surface area contributed by atoms with Gasteiger partial charge in [-0.1, -0.05) is 17.7 Å². The molecule has 2 rings (SSSR count). The van der Waals surface area contributed by atoms with E-state index in [0.717, 1.165) is 21.5 Å². The first-order valence-electron chi connectivity index (χ1n) is 4.06. The van der Waals surface area contributed by atoms with Crippen LogP contribution in [0.25, 0.3) is 10.9 Å². The Balaban J connectivity index is 2.64. The number of aromatic amines is 1. The van der Waals surface area contributed by atoms with Crippen molar-refractivity contribution < 1.29 is 4.74 Å². The second-order valence-corrected chi connectivity index (χ2v) is 3.32. The van der Waals surface area contributed by atoms with E-state index in [1.807, 2.05) is 24.4 Å². The molecule has 1 aromatic heterocycles. The van der Waals surface area contributed by atoms with Crippen molar-refractivity contribution in [1.82, 2.24) is 4.98 Å². The van der Waals surface area contributed by atoms with Crippen LogP contribution in [0.1, 0.15) is 5.56 Å². The molecule has 3 heteroatoms. The van der Waals surface area contributed by atoms with Gasteiger partial charge in [-0.15, -0.1) is 0 Å². The zero-order valence-corrected chi connectivity index (χ0v) is 8.06. The maximum absolute atomic E-state index is 6.06. The summed E-state index contributed by atoms with van der Waals surface area (Å²) in [6, 6.07) is 5.81. The molecule has 68 valence electrons. The smallest absolute Gasteiger partial charge is 0.0734 e. The maximum Gasteiger partial charge on any atom is 0.0734 e. The van der Waals surface area contributed by atoms with Gasteiger partial charge in [0.25, 0.3) is 0 Å². The van der Waals surface area contributed by atoms with E-state index in [1.54, 1.807) is 7.11 Å². The van der Waals surface area contributed by atoms with Gasteiger partial charge in [-0.05, 0) is 12.1 Å². The van der Waals surface area contributed by atoms with Crippen LogP contribution in [0.15, 0.2) is 24.4 Å². The highest BCUT2D eigenvalue weighted by Gasteiger charge is 2.05. The van der Waals surface area contributed by atoms with Crippen LogP contribution < -0.4 is 0 Å². The molecule has 0 aliphatic heterocycles. The summed E-state index contributed by atoms with van der Waals surface area (Å²) in [4.78, 5) is 3.15. The zero-order chi connectivity index (χ0) is 9.26. The van der Waals surface area contributed by atoms with Crippen LogP contribution in [0.5, 0.6) is 0 Å². The minimum Gasteiger partial charge on any atom is -0.380 e. The van der Waals surface area contributed by atoms with Gasteiger partial charge in [0.2, 0.25) is 0 Å². The average Bonchev–Trinajstić information content (AvgIpc) is 2.51. The normalized spacial score (nSPS) is 10.9. The SMILES string of the molecule is COCc1c[nH]c2cccc(Cl)c12. The summed E-state index contributed by atoms with van der Waals surface area (Å²) in [6.07, 6.45) is 1.93. The average molecular weight is 196 g/mol. The van der Waals surface area contributed by atoms with Crippen LogP contribution in [0, 0.1) is 0 Å². The summed E-state index contributed by atoms with van der Waals surface area (Å²) < 4.78 is 5.07. The lowest BCUT2D eigenvalue weighted by molar-refractivity contribution is 0.186. The number of hydrogen-bond acceptors (Lipinski definition) is 1. The van der Waals surface area contributed by atoms with Gasteiger partial charge in [0.1, 0.15) is 0 Å². The lowest BCUT2D eigenvalue weighted by Gasteiger charge is -1.98. The molecule has 0 saturated heterocycles. The number of benzene rings is 1. The Bertz CT molecular complexity index is 422. The van der Waals surface area contributed by atoms with Gasteiger partial charge in [-0.2, -0.15) is 0 Å². The fraction of sp³-hybridized carbons (Fsp3) is 0.200. The lowest BCUT2D eigenvalue weighted by Crippen LogP contribution is -1.84. The number of nitrogens with one attached hydrogen (secondary N) is 1. The van der Waals surface area contributed by atoms with Crippen molar-refractivity contribution in [2.75, 3.05) is 7.11 Å². The monoisotopic (exact) mass is 195 g/mol. The summed E-state index contributed by atoms with van der Waals surface area (Å²) in [6.45, 7) is 0.587. The lowest BCUT2D eigenvalue weighted by atomic mass is 10.2. The van der Waals surface area contributed by atoms with Crippen LogP contribution in [0.2, 0.25) is 5.02 Å². The second-order valence-electron chi connectivity index (χ2n) is 2.91. The molecule has 0 aliphatic carbocycles. The van der Waals surface area contributed by atoms with Crippen molar-refractivity contribution >= 4 is 22.5 Å². The van der Waals surface area contributed by atoms with Gasteiger partial charge in [0, 0.05) is 29.8 Å². The fourth-order valence-corrected chi connectivity index (χ4v) is 1.77. The molecule has 0 aliphatic rings. The van der Waals surface area contributed by atoms with E-state index < -0.39 is 0 Å². The number of aromatic nitrogens is 1. The quantitative estimate of drug-likeness (QED) is 0.783.